The topological polar surface area (TPSA) is 67.0 Å². The predicted octanol–water partition coefficient (Wildman–Crippen LogP) is 5.15. The van der Waals surface area contributed by atoms with Crippen LogP contribution in [0.3, 0.4) is 0 Å². The highest BCUT2D eigenvalue weighted by Crippen LogP contribution is 2.33. The second kappa shape index (κ2) is 7.53. The quantitative estimate of drug-likeness (QED) is 0.662. The van der Waals surface area contributed by atoms with Crippen molar-refractivity contribution in [2.45, 2.75) is 19.7 Å². The molecule has 2 aromatic carbocycles. The molecule has 1 heterocycles. The standard InChI is InChI=1S/C19H16F3N3O2/c1-12-16(23-18(26)27-11-13-5-3-2-4-6-13)17(25-24-12)14-7-9-15(10-8-14)19(20,21)22/h2-10H,11H2,1H3,(H,23,26)(H,24,25). The molecule has 8 heteroatoms. The van der Waals surface area contributed by atoms with Crippen molar-refractivity contribution < 1.29 is 22.7 Å². The zero-order chi connectivity index (χ0) is 19.4. The molecule has 3 aromatic rings. The van der Waals surface area contributed by atoms with Crippen molar-refractivity contribution in [1.29, 1.82) is 0 Å². The first kappa shape index (κ1) is 18.5. The number of aromatic nitrogens is 2. The first-order chi connectivity index (χ1) is 12.8. The van der Waals surface area contributed by atoms with E-state index in [4.69, 9.17) is 4.74 Å². The van der Waals surface area contributed by atoms with E-state index in [1.807, 2.05) is 30.3 Å². The molecule has 0 unspecified atom stereocenters. The molecule has 27 heavy (non-hydrogen) atoms. The molecule has 0 radical (unpaired) electrons. The molecule has 0 saturated heterocycles. The lowest BCUT2D eigenvalue weighted by atomic mass is 10.1. The lowest BCUT2D eigenvalue weighted by Gasteiger charge is -2.10. The second-order valence-electron chi connectivity index (χ2n) is 5.83. The molecule has 0 aliphatic carbocycles. The molecule has 5 nitrogen and oxygen atoms in total. The summed E-state index contributed by atoms with van der Waals surface area (Å²) in [7, 11) is 0. The zero-order valence-electron chi connectivity index (χ0n) is 14.3. The minimum atomic E-state index is -4.41. The number of nitrogens with zero attached hydrogens (tertiary/aromatic N) is 1. The second-order valence-corrected chi connectivity index (χ2v) is 5.83. The highest BCUT2D eigenvalue weighted by molar-refractivity contribution is 5.91. The third kappa shape index (κ3) is 4.46. The minimum absolute atomic E-state index is 0.0964. The van der Waals surface area contributed by atoms with Crippen LogP contribution in [0.1, 0.15) is 16.8 Å². The maximum absolute atomic E-state index is 12.7. The normalized spacial score (nSPS) is 11.3. The van der Waals surface area contributed by atoms with E-state index in [1.54, 1.807) is 6.92 Å². The van der Waals surface area contributed by atoms with Gasteiger partial charge in [-0.05, 0) is 24.6 Å². The van der Waals surface area contributed by atoms with Crippen LogP contribution in [0, 0.1) is 6.92 Å². The Labute approximate surface area is 153 Å². The number of hydrogen-bond acceptors (Lipinski definition) is 3. The van der Waals surface area contributed by atoms with Crippen molar-refractivity contribution >= 4 is 11.8 Å². The summed E-state index contributed by atoms with van der Waals surface area (Å²) in [6, 6.07) is 13.7. The summed E-state index contributed by atoms with van der Waals surface area (Å²) in [6.45, 7) is 1.78. The molecule has 1 amide bonds. The summed E-state index contributed by atoms with van der Waals surface area (Å²) in [6.07, 6.45) is -5.10. The van der Waals surface area contributed by atoms with Crippen LogP contribution in [0.4, 0.5) is 23.7 Å². The van der Waals surface area contributed by atoms with Gasteiger partial charge in [0.05, 0.1) is 16.9 Å². The first-order valence-electron chi connectivity index (χ1n) is 8.05. The molecule has 1 aromatic heterocycles. The Hall–Kier alpha value is -3.29. The molecule has 0 atom stereocenters. The Kier molecular flexibility index (Phi) is 5.16. The van der Waals surface area contributed by atoms with Crippen molar-refractivity contribution in [2.75, 3.05) is 5.32 Å². The number of rotatable bonds is 4. The van der Waals surface area contributed by atoms with Crippen molar-refractivity contribution in [3.05, 3.63) is 71.4 Å². The van der Waals surface area contributed by atoms with E-state index in [2.05, 4.69) is 15.5 Å². The summed E-state index contributed by atoms with van der Waals surface area (Å²) in [5, 5.41) is 9.39. The van der Waals surface area contributed by atoms with Gasteiger partial charge in [0.25, 0.3) is 0 Å². The number of halogens is 3. The minimum Gasteiger partial charge on any atom is -0.444 e. The van der Waals surface area contributed by atoms with Crippen molar-refractivity contribution in [3.8, 4) is 11.3 Å². The van der Waals surface area contributed by atoms with Gasteiger partial charge in [0.2, 0.25) is 0 Å². The fraction of sp³-hybridized carbons (Fsp3) is 0.158. The van der Waals surface area contributed by atoms with Gasteiger partial charge in [0.1, 0.15) is 12.3 Å². The maximum atomic E-state index is 12.7. The van der Waals surface area contributed by atoms with Gasteiger partial charge >= 0.3 is 12.3 Å². The third-order valence-electron chi connectivity index (χ3n) is 3.87. The summed E-state index contributed by atoms with van der Waals surface area (Å²) >= 11 is 0. The number of anilines is 1. The zero-order valence-corrected chi connectivity index (χ0v) is 14.3. The van der Waals surface area contributed by atoms with Crippen molar-refractivity contribution in [2.24, 2.45) is 0 Å². The van der Waals surface area contributed by atoms with Gasteiger partial charge in [-0.25, -0.2) is 4.79 Å². The SMILES string of the molecule is Cc1[nH]nc(-c2ccc(C(F)(F)F)cc2)c1NC(=O)OCc1ccccc1. The van der Waals surface area contributed by atoms with E-state index in [0.29, 0.717) is 22.6 Å². The average Bonchev–Trinajstić information content (AvgIpc) is 3.01. The van der Waals surface area contributed by atoms with E-state index in [0.717, 1.165) is 17.7 Å². The van der Waals surface area contributed by atoms with E-state index in [9.17, 15) is 18.0 Å². The summed E-state index contributed by atoms with van der Waals surface area (Å²) in [5.74, 6) is 0. The van der Waals surface area contributed by atoms with E-state index >= 15 is 0 Å². The van der Waals surface area contributed by atoms with E-state index in [1.165, 1.54) is 12.1 Å². The van der Waals surface area contributed by atoms with Crippen LogP contribution in [0.2, 0.25) is 0 Å². The molecule has 140 valence electrons. The van der Waals surface area contributed by atoms with Gasteiger partial charge < -0.3 is 4.74 Å². The molecular weight excluding hydrogens is 359 g/mol. The van der Waals surface area contributed by atoms with Crippen LogP contribution in [-0.2, 0) is 17.5 Å². The molecule has 3 rings (SSSR count). The van der Waals surface area contributed by atoms with Crippen LogP contribution < -0.4 is 5.32 Å². The van der Waals surface area contributed by atoms with Gasteiger partial charge in [-0.3, -0.25) is 10.4 Å². The van der Waals surface area contributed by atoms with Crippen LogP contribution in [0.15, 0.2) is 54.6 Å². The smallest absolute Gasteiger partial charge is 0.416 e. The first-order valence-corrected chi connectivity index (χ1v) is 8.05. The average molecular weight is 375 g/mol. The Morgan fingerprint density at radius 1 is 1.11 bits per heavy atom. The highest BCUT2D eigenvalue weighted by atomic mass is 19.4. The molecule has 0 saturated carbocycles. The summed E-state index contributed by atoms with van der Waals surface area (Å²) in [5.41, 5.74) is 1.76. The molecule has 0 fully saturated rings. The summed E-state index contributed by atoms with van der Waals surface area (Å²) < 4.78 is 43.3. The fourth-order valence-electron chi connectivity index (χ4n) is 2.47. The number of carbonyl (C=O) groups excluding carboxylic acids is 1. The number of ether oxygens (including phenoxy) is 1. The number of hydrogen-bond donors (Lipinski definition) is 2. The highest BCUT2D eigenvalue weighted by Gasteiger charge is 2.30. The van der Waals surface area contributed by atoms with Crippen molar-refractivity contribution in [3.63, 3.8) is 0 Å². The number of carbonyl (C=O) groups is 1. The molecule has 0 aliphatic heterocycles. The Morgan fingerprint density at radius 2 is 1.78 bits per heavy atom. The maximum Gasteiger partial charge on any atom is 0.416 e. The van der Waals surface area contributed by atoms with Crippen LogP contribution in [0.25, 0.3) is 11.3 Å². The van der Waals surface area contributed by atoms with Gasteiger partial charge in [-0.2, -0.15) is 18.3 Å². The Morgan fingerprint density at radius 3 is 2.41 bits per heavy atom. The monoisotopic (exact) mass is 375 g/mol. The van der Waals surface area contributed by atoms with Crippen LogP contribution >= 0.6 is 0 Å². The number of aryl methyl sites for hydroxylation is 1. The number of amides is 1. The van der Waals surface area contributed by atoms with Gasteiger partial charge in [0, 0.05) is 5.56 Å². The lowest BCUT2D eigenvalue weighted by Crippen LogP contribution is -2.14. The van der Waals surface area contributed by atoms with Crippen LogP contribution in [0.5, 0.6) is 0 Å². The Bertz CT molecular complexity index is 920. The molecule has 0 bridgehead atoms. The number of alkyl halides is 3. The number of nitrogens with one attached hydrogen (secondary N) is 2. The number of benzene rings is 2. The van der Waals surface area contributed by atoms with Gasteiger partial charge in [-0.1, -0.05) is 42.5 Å². The predicted molar refractivity (Wildman–Crippen MR) is 94.0 cm³/mol. The molecular formula is C19H16F3N3O2. The van der Waals surface area contributed by atoms with Gasteiger partial charge in [-0.15, -0.1) is 0 Å². The lowest BCUT2D eigenvalue weighted by molar-refractivity contribution is -0.137. The van der Waals surface area contributed by atoms with E-state index < -0.39 is 17.8 Å². The van der Waals surface area contributed by atoms with Gasteiger partial charge in [0.15, 0.2) is 0 Å². The molecule has 2 N–H and O–H groups in total. The Balaban J connectivity index is 1.73. The molecule has 0 aliphatic rings. The van der Waals surface area contributed by atoms with Crippen molar-refractivity contribution in [1.82, 2.24) is 10.2 Å². The molecule has 0 spiro atoms. The largest absolute Gasteiger partial charge is 0.444 e. The number of aromatic amines is 1. The third-order valence-corrected chi connectivity index (χ3v) is 3.87. The summed E-state index contributed by atoms with van der Waals surface area (Å²) in [4.78, 5) is 12.1. The van der Waals surface area contributed by atoms with E-state index in [-0.39, 0.29) is 6.61 Å². The van der Waals surface area contributed by atoms with Crippen LogP contribution in [-0.4, -0.2) is 16.3 Å². The number of H-pyrrole nitrogens is 1. The fourth-order valence-corrected chi connectivity index (χ4v) is 2.47.